The molecule has 0 aliphatic heterocycles. The maximum Gasteiger partial charge on any atom is 0.331 e. The van der Waals surface area contributed by atoms with Crippen LogP contribution in [0.2, 0.25) is 0 Å². The zero-order valence-electron chi connectivity index (χ0n) is 17.8. The van der Waals surface area contributed by atoms with Gasteiger partial charge in [0.15, 0.2) is 18.1 Å². The molecule has 0 spiro atoms. The summed E-state index contributed by atoms with van der Waals surface area (Å²) in [5, 5.41) is 9.64. The lowest BCUT2D eigenvalue weighted by Gasteiger charge is -2.41. The van der Waals surface area contributed by atoms with Crippen LogP contribution in [0.15, 0.2) is 24.3 Å². The zero-order valence-corrected chi connectivity index (χ0v) is 17.8. The summed E-state index contributed by atoms with van der Waals surface area (Å²) < 4.78 is 10.3. The highest BCUT2D eigenvalue weighted by Gasteiger charge is 2.32. The number of hydrogen-bond acceptors (Lipinski definition) is 5. The Morgan fingerprint density at radius 3 is 2.20 bits per heavy atom. The molecule has 30 heavy (non-hydrogen) atoms. The molecule has 2 saturated carbocycles. The van der Waals surface area contributed by atoms with Gasteiger partial charge in [-0.1, -0.05) is 44.6 Å². The van der Waals surface area contributed by atoms with Crippen molar-refractivity contribution < 1.29 is 24.2 Å². The fraction of sp³-hybridized carbons (Fsp3) is 0.583. The Labute approximate surface area is 178 Å². The first kappa shape index (κ1) is 22.2. The first-order chi connectivity index (χ1) is 14.6. The molecule has 2 aliphatic carbocycles. The lowest BCUT2D eigenvalue weighted by Crippen LogP contribution is -2.50. The number of esters is 1. The summed E-state index contributed by atoms with van der Waals surface area (Å²) in [5.41, 5.74) is 0.693. The van der Waals surface area contributed by atoms with E-state index >= 15 is 0 Å². The molecule has 0 saturated heterocycles. The molecule has 6 heteroatoms. The smallest absolute Gasteiger partial charge is 0.331 e. The fourth-order valence-electron chi connectivity index (χ4n) is 4.64. The van der Waals surface area contributed by atoms with Crippen LogP contribution in [0, 0.1) is 0 Å². The number of nitrogens with zero attached hydrogens (tertiary/aromatic N) is 1. The molecule has 0 atom stereocenters. The molecule has 0 unspecified atom stereocenters. The molecular weight excluding hydrogens is 382 g/mol. The van der Waals surface area contributed by atoms with Crippen molar-refractivity contribution in [1.82, 2.24) is 4.90 Å². The van der Waals surface area contributed by atoms with E-state index in [1.807, 2.05) is 0 Å². The van der Waals surface area contributed by atoms with Gasteiger partial charge in [-0.25, -0.2) is 4.79 Å². The number of phenolic OH excluding ortho intramolecular Hbond substituents is 1. The summed E-state index contributed by atoms with van der Waals surface area (Å²) in [6.45, 7) is -0.213. The van der Waals surface area contributed by atoms with Crippen molar-refractivity contribution in [1.29, 1.82) is 0 Å². The van der Waals surface area contributed by atoms with Crippen LogP contribution in [-0.4, -0.2) is 47.7 Å². The number of ether oxygens (including phenoxy) is 2. The van der Waals surface area contributed by atoms with E-state index < -0.39 is 5.97 Å². The number of phenols is 1. The van der Waals surface area contributed by atoms with Gasteiger partial charge < -0.3 is 19.5 Å². The average Bonchev–Trinajstić information content (AvgIpc) is 2.78. The van der Waals surface area contributed by atoms with Crippen molar-refractivity contribution in [3.05, 3.63) is 29.8 Å². The minimum atomic E-state index is -0.553. The Balaban J connectivity index is 1.57. The highest BCUT2D eigenvalue weighted by molar-refractivity contribution is 5.89. The Morgan fingerprint density at radius 2 is 1.63 bits per heavy atom. The van der Waals surface area contributed by atoms with E-state index in [2.05, 4.69) is 4.90 Å². The topological polar surface area (TPSA) is 76.1 Å². The van der Waals surface area contributed by atoms with Gasteiger partial charge in [0.1, 0.15) is 0 Å². The van der Waals surface area contributed by atoms with Gasteiger partial charge in [0, 0.05) is 18.2 Å². The lowest BCUT2D eigenvalue weighted by atomic mass is 9.88. The van der Waals surface area contributed by atoms with Crippen molar-refractivity contribution in [3.8, 4) is 11.5 Å². The second-order valence-electron chi connectivity index (χ2n) is 8.26. The molecule has 2 aliphatic rings. The summed E-state index contributed by atoms with van der Waals surface area (Å²) in [4.78, 5) is 27.2. The molecule has 2 fully saturated rings. The predicted molar refractivity (Wildman–Crippen MR) is 115 cm³/mol. The van der Waals surface area contributed by atoms with Crippen molar-refractivity contribution in [3.63, 3.8) is 0 Å². The van der Waals surface area contributed by atoms with Crippen LogP contribution in [-0.2, 0) is 14.3 Å². The van der Waals surface area contributed by atoms with Gasteiger partial charge in [-0.15, -0.1) is 0 Å². The number of carbonyl (C=O) groups is 2. The highest BCUT2D eigenvalue weighted by atomic mass is 16.5. The molecule has 1 aromatic carbocycles. The molecule has 164 valence electrons. The Hall–Kier alpha value is -2.50. The molecule has 0 aromatic heterocycles. The van der Waals surface area contributed by atoms with Crippen LogP contribution in [0.25, 0.3) is 6.08 Å². The summed E-state index contributed by atoms with van der Waals surface area (Å²) in [7, 11) is 1.47. The zero-order chi connectivity index (χ0) is 21.3. The number of hydrogen-bond donors (Lipinski definition) is 1. The Morgan fingerprint density at radius 1 is 1.03 bits per heavy atom. The fourth-order valence-corrected chi connectivity index (χ4v) is 4.64. The standard InChI is InChI=1S/C24H33NO5/c1-29-22-16-18(12-14-21(22)26)13-15-24(28)30-17-23(27)25(19-8-4-2-5-9-19)20-10-6-3-7-11-20/h12-16,19-20,26H,2-11,17H2,1H3. The van der Waals surface area contributed by atoms with E-state index in [-0.39, 0.29) is 30.3 Å². The molecule has 1 amide bonds. The van der Waals surface area contributed by atoms with Crippen molar-refractivity contribution in [2.45, 2.75) is 76.3 Å². The number of rotatable bonds is 7. The summed E-state index contributed by atoms with van der Waals surface area (Å²) in [6, 6.07) is 5.36. The maximum absolute atomic E-state index is 13.0. The normalized spacial score (nSPS) is 18.3. The third kappa shape index (κ3) is 6.00. The SMILES string of the molecule is COc1cc(C=CC(=O)OCC(=O)N(C2CCCCC2)C2CCCCC2)ccc1O. The lowest BCUT2D eigenvalue weighted by molar-refractivity contribution is -0.152. The summed E-state index contributed by atoms with van der Waals surface area (Å²) in [5.74, 6) is -0.255. The second kappa shape index (κ2) is 11.0. The van der Waals surface area contributed by atoms with E-state index in [1.54, 1.807) is 18.2 Å². The number of benzene rings is 1. The molecule has 0 bridgehead atoms. The van der Waals surface area contributed by atoms with Crippen LogP contribution in [0.3, 0.4) is 0 Å². The molecule has 1 aromatic rings. The largest absolute Gasteiger partial charge is 0.504 e. The average molecular weight is 416 g/mol. The van der Waals surface area contributed by atoms with Gasteiger partial charge in [-0.2, -0.15) is 0 Å². The van der Waals surface area contributed by atoms with Crippen LogP contribution < -0.4 is 4.74 Å². The van der Waals surface area contributed by atoms with Crippen LogP contribution >= 0.6 is 0 Å². The van der Waals surface area contributed by atoms with Crippen LogP contribution in [0.5, 0.6) is 11.5 Å². The Bertz CT molecular complexity index is 730. The van der Waals surface area contributed by atoms with Crippen LogP contribution in [0.4, 0.5) is 0 Å². The number of carbonyl (C=O) groups excluding carboxylic acids is 2. The molecule has 3 rings (SSSR count). The summed E-state index contributed by atoms with van der Waals surface area (Å²) in [6.07, 6.45) is 14.2. The number of amides is 1. The van der Waals surface area contributed by atoms with Crippen LogP contribution in [0.1, 0.15) is 69.8 Å². The van der Waals surface area contributed by atoms with Crippen molar-refractivity contribution in [2.24, 2.45) is 0 Å². The third-order valence-corrected chi connectivity index (χ3v) is 6.18. The van der Waals surface area contributed by atoms with Crippen molar-refractivity contribution >= 4 is 18.0 Å². The Kier molecular flexibility index (Phi) is 8.17. The summed E-state index contributed by atoms with van der Waals surface area (Å²) >= 11 is 0. The molecule has 0 heterocycles. The van der Waals surface area contributed by atoms with E-state index in [0.717, 1.165) is 25.7 Å². The van der Waals surface area contributed by atoms with Gasteiger partial charge >= 0.3 is 5.97 Å². The second-order valence-corrected chi connectivity index (χ2v) is 8.26. The third-order valence-electron chi connectivity index (χ3n) is 6.18. The van der Waals surface area contributed by atoms with E-state index in [1.165, 1.54) is 57.8 Å². The minimum absolute atomic E-state index is 0.0355. The monoisotopic (exact) mass is 415 g/mol. The van der Waals surface area contributed by atoms with Gasteiger partial charge in [-0.05, 0) is 49.5 Å². The highest BCUT2D eigenvalue weighted by Crippen LogP contribution is 2.30. The van der Waals surface area contributed by atoms with E-state index in [9.17, 15) is 14.7 Å². The van der Waals surface area contributed by atoms with Crippen molar-refractivity contribution in [2.75, 3.05) is 13.7 Å². The molecule has 6 nitrogen and oxygen atoms in total. The van der Waals surface area contributed by atoms with Gasteiger partial charge in [0.25, 0.3) is 5.91 Å². The van der Waals surface area contributed by atoms with Gasteiger partial charge in [-0.3, -0.25) is 4.79 Å². The molecule has 0 radical (unpaired) electrons. The quantitative estimate of drug-likeness (QED) is 0.526. The first-order valence-electron chi connectivity index (χ1n) is 11.1. The minimum Gasteiger partial charge on any atom is -0.504 e. The maximum atomic E-state index is 13.0. The van der Waals surface area contributed by atoms with Gasteiger partial charge in [0.2, 0.25) is 0 Å². The van der Waals surface area contributed by atoms with E-state index in [4.69, 9.17) is 9.47 Å². The number of methoxy groups -OCH3 is 1. The predicted octanol–water partition coefficient (Wildman–Crippen LogP) is 4.45. The number of aromatic hydroxyl groups is 1. The first-order valence-corrected chi connectivity index (χ1v) is 11.1. The van der Waals surface area contributed by atoms with E-state index in [0.29, 0.717) is 11.3 Å². The molecule has 1 N–H and O–H groups in total. The molecular formula is C24H33NO5. The van der Waals surface area contributed by atoms with Gasteiger partial charge in [0.05, 0.1) is 7.11 Å².